The largest absolute Gasteiger partial charge is 0.378 e. The number of rotatable bonds is 4. The summed E-state index contributed by atoms with van der Waals surface area (Å²) in [5.74, 6) is 0.0128. The van der Waals surface area contributed by atoms with Crippen LogP contribution in [0, 0.1) is 0 Å². The van der Waals surface area contributed by atoms with Gasteiger partial charge < -0.3 is 4.90 Å². The van der Waals surface area contributed by atoms with Crippen LogP contribution in [0.3, 0.4) is 0 Å². The number of amidine groups is 1. The molecule has 0 bridgehead atoms. The molecule has 0 atom stereocenters. The monoisotopic (exact) mass is 351 g/mol. The molecule has 128 valence electrons. The van der Waals surface area contributed by atoms with Gasteiger partial charge in [0.25, 0.3) is 5.91 Å². The van der Waals surface area contributed by atoms with Crippen molar-refractivity contribution in [3.63, 3.8) is 0 Å². The summed E-state index contributed by atoms with van der Waals surface area (Å²) in [6.07, 6.45) is 1.93. The first-order chi connectivity index (χ1) is 12.1. The number of amides is 1. The molecular weight excluding hydrogens is 330 g/mol. The van der Waals surface area contributed by atoms with E-state index in [0.29, 0.717) is 11.4 Å². The zero-order valence-electron chi connectivity index (χ0n) is 14.6. The second-order valence-corrected chi connectivity index (χ2v) is 6.89. The molecule has 0 N–H and O–H groups in total. The van der Waals surface area contributed by atoms with Crippen LogP contribution in [0.4, 0.5) is 11.4 Å². The maximum absolute atomic E-state index is 12.7. The summed E-state index contributed by atoms with van der Waals surface area (Å²) in [4.78, 5) is 21.8. The van der Waals surface area contributed by atoms with Gasteiger partial charge in [0.1, 0.15) is 0 Å². The van der Waals surface area contributed by atoms with Gasteiger partial charge in [-0.3, -0.25) is 9.69 Å². The molecule has 1 aliphatic rings. The highest BCUT2D eigenvalue weighted by atomic mass is 32.2. The van der Waals surface area contributed by atoms with Crippen LogP contribution in [0.5, 0.6) is 0 Å². The van der Waals surface area contributed by atoms with E-state index in [1.807, 2.05) is 81.7 Å². The number of hydrogen-bond donors (Lipinski definition) is 0. The number of nitrogens with zero attached hydrogens (tertiary/aromatic N) is 3. The minimum atomic E-state index is 0.0128. The number of para-hydroxylation sites is 1. The Balaban J connectivity index is 1.88. The Hall–Kier alpha value is -2.53. The summed E-state index contributed by atoms with van der Waals surface area (Å²) in [6, 6.07) is 17.9. The van der Waals surface area contributed by atoms with Gasteiger partial charge in [0.2, 0.25) is 0 Å². The van der Waals surface area contributed by atoms with Crippen molar-refractivity contribution in [2.45, 2.75) is 6.92 Å². The lowest BCUT2D eigenvalue weighted by Gasteiger charge is -2.12. The van der Waals surface area contributed by atoms with Crippen LogP contribution < -0.4 is 4.90 Å². The highest BCUT2D eigenvalue weighted by Gasteiger charge is 2.32. The Kier molecular flexibility index (Phi) is 5.24. The van der Waals surface area contributed by atoms with E-state index in [2.05, 4.69) is 9.89 Å². The number of carbonyl (C=O) groups excluding carboxylic acids is 1. The first-order valence-corrected chi connectivity index (χ1v) is 9.02. The zero-order chi connectivity index (χ0) is 17.8. The molecule has 0 spiro atoms. The summed E-state index contributed by atoms with van der Waals surface area (Å²) >= 11 is 1.43. The summed E-state index contributed by atoms with van der Waals surface area (Å²) in [5, 5.41) is 0.731. The van der Waals surface area contributed by atoms with Crippen LogP contribution in [0.25, 0.3) is 6.08 Å². The topological polar surface area (TPSA) is 35.9 Å². The lowest BCUT2D eigenvalue weighted by molar-refractivity contribution is -0.122. The number of hydrogen-bond acceptors (Lipinski definition) is 4. The lowest BCUT2D eigenvalue weighted by atomic mass is 10.2. The van der Waals surface area contributed by atoms with Gasteiger partial charge in [-0.25, -0.2) is 4.99 Å². The predicted molar refractivity (Wildman–Crippen MR) is 107 cm³/mol. The van der Waals surface area contributed by atoms with Gasteiger partial charge in [-0.2, -0.15) is 0 Å². The van der Waals surface area contributed by atoms with Crippen LogP contribution in [0.2, 0.25) is 0 Å². The highest BCUT2D eigenvalue weighted by molar-refractivity contribution is 8.18. The van der Waals surface area contributed by atoms with Crippen LogP contribution in [-0.4, -0.2) is 36.6 Å². The Bertz CT molecular complexity index is 811. The van der Waals surface area contributed by atoms with Crippen molar-refractivity contribution in [2.24, 2.45) is 4.99 Å². The molecule has 3 rings (SSSR count). The summed E-state index contributed by atoms with van der Waals surface area (Å²) in [6.45, 7) is 2.57. The Labute approximate surface area is 152 Å². The smallest absolute Gasteiger partial charge is 0.266 e. The molecular formula is C20H21N3OS. The molecule has 25 heavy (non-hydrogen) atoms. The van der Waals surface area contributed by atoms with Crippen molar-refractivity contribution in [1.29, 1.82) is 0 Å². The van der Waals surface area contributed by atoms with Crippen molar-refractivity contribution in [2.75, 3.05) is 25.5 Å². The fraction of sp³-hybridized carbons (Fsp3) is 0.200. The number of anilines is 1. The number of aliphatic imine (C=N–C) groups is 1. The molecule has 0 saturated carbocycles. The van der Waals surface area contributed by atoms with E-state index in [9.17, 15) is 4.79 Å². The zero-order valence-corrected chi connectivity index (χ0v) is 15.5. The molecule has 0 unspecified atom stereocenters. The van der Waals surface area contributed by atoms with E-state index in [1.165, 1.54) is 11.8 Å². The summed E-state index contributed by atoms with van der Waals surface area (Å²) in [7, 11) is 4.02. The van der Waals surface area contributed by atoms with Crippen LogP contribution >= 0.6 is 11.8 Å². The fourth-order valence-electron chi connectivity index (χ4n) is 2.50. The molecule has 1 heterocycles. The third kappa shape index (κ3) is 3.94. The van der Waals surface area contributed by atoms with E-state index in [0.717, 1.165) is 22.1 Å². The van der Waals surface area contributed by atoms with E-state index in [1.54, 1.807) is 4.90 Å². The fourth-order valence-corrected chi connectivity index (χ4v) is 3.57. The molecule has 2 aromatic carbocycles. The average Bonchev–Trinajstić information content (AvgIpc) is 2.91. The van der Waals surface area contributed by atoms with Gasteiger partial charge in [0.05, 0.1) is 10.6 Å². The number of thioether (sulfide) groups is 1. The van der Waals surface area contributed by atoms with Crippen molar-refractivity contribution in [3.05, 3.63) is 65.1 Å². The van der Waals surface area contributed by atoms with Gasteiger partial charge in [-0.1, -0.05) is 30.3 Å². The van der Waals surface area contributed by atoms with Crippen LogP contribution in [0.15, 0.2) is 64.5 Å². The molecule has 4 nitrogen and oxygen atoms in total. The van der Waals surface area contributed by atoms with E-state index >= 15 is 0 Å². The first kappa shape index (κ1) is 17.3. The van der Waals surface area contributed by atoms with Crippen molar-refractivity contribution < 1.29 is 4.79 Å². The van der Waals surface area contributed by atoms with Crippen LogP contribution in [0.1, 0.15) is 12.5 Å². The van der Waals surface area contributed by atoms with Crippen molar-refractivity contribution in [3.8, 4) is 0 Å². The predicted octanol–water partition coefficient (Wildman–Crippen LogP) is 4.38. The second-order valence-electron chi connectivity index (χ2n) is 5.88. The standard InChI is InChI=1S/C20H21N3OS/c1-4-23-19(24)18(14-15-10-12-17(13-11-15)22(2)3)25-20(23)21-16-8-6-5-7-9-16/h5-14H,4H2,1-3H3. The Morgan fingerprint density at radius 3 is 2.36 bits per heavy atom. The summed E-state index contributed by atoms with van der Waals surface area (Å²) < 4.78 is 0. The van der Waals surface area contributed by atoms with E-state index in [-0.39, 0.29) is 5.91 Å². The minimum absolute atomic E-state index is 0.0128. The van der Waals surface area contributed by atoms with Crippen molar-refractivity contribution in [1.82, 2.24) is 4.90 Å². The Morgan fingerprint density at radius 1 is 1.08 bits per heavy atom. The number of benzene rings is 2. The molecule has 1 saturated heterocycles. The molecule has 2 aromatic rings. The van der Waals surface area contributed by atoms with E-state index < -0.39 is 0 Å². The highest BCUT2D eigenvalue weighted by Crippen LogP contribution is 2.34. The average molecular weight is 351 g/mol. The van der Waals surface area contributed by atoms with Gasteiger partial charge in [-0.15, -0.1) is 0 Å². The summed E-state index contributed by atoms with van der Waals surface area (Å²) in [5.41, 5.74) is 3.00. The maximum Gasteiger partial charge on any atom is 0.266 e. The molecule has 0 aliphatic carbocycles. The van der Waals surface area contributed by atoms with Gasteiger partial charge in [-0.05, 0) is 54.6 Å². The normalized spacial score (nSPS) is 17.6. The van der Waals surface area contributed by atoms with Gasteiger partial charge in [0.15, 0.2) is 5.17 Å². The first-order valence-electron chi connectivity index (χ1n) is 8.21. The number of likely N-dealkylation sites (N-methyl/N-ethyl adjacent to an activating group) is 1. The molecule has 1 amide bonds. The SMILES string of the molecule is CCN1C(=O)C(=Cc2ccc(N(C)C)cc2)SC1=Nc1ccccc1. The van der Waals surface area contributed by atoms with E-state index in [4.69, 9.17) is 0 Å². The lowest BCUT2D eigenvalue weighted by Crippen LogP contribution is -2.28. The van der Waals surface area contributed by atoms with Crippen molar-refractivity contribution >= 4 is 40.3 Å². The second kappa shape index (κ2) is 7.57. The number of carbonyl (C=O) groups is 1. The third-order valence-corrected chi connectivity index (χ3v) is 4.90. The molecule has 0 radical (unpaired) electrons. The molecule has 1 fully saturated rings. The molecule has 5 heteroatoms. The Morgan fingerprint density at radius 2 is 1.76 bits per heavy atom. The van der Waals surface area contributed by atoms with Crippen LogP contribution in [-0.2, 0) is 4.79 Å². The molecule has 0 aromatic heterocycles. The minimum Gasteiger partial charge on any atom is -0.378 e. The maximum atomic E-state index is 12.7. The molecule has 1 aliphatic heterocycles. The quantitative estimate of drug-likeness (QED) is 0.767. The van der Waals surface area contributed by atoms with Gasteiger partial charge in [0, 0.05) is 26.3 Å². The van der Waals surface area contributed by atoms with Gasteiger partial charge >= 0.3 is 0 Å². The third-order valence-electron chi connectivity index (χ3n) is 3.89.